The molecule has 1 aromatic heterocycles. The van der Waals surface area contributed by atoms with Gasteiger partial charge in [-0.2, -0.15) is 5.10 Å². The van der Waals surface area contributed by atoms with E-state index in [-0.39, 0.29) is 11.4 Å². The molecule has 1 aliphatic carbocycles. The van der Waals surface area contributed by atoms with Crippen molar-refractivity contribution < 1.29 is 9.53 Å². The van der Waals surface area contributed by atoms with Gasteiger partial charge >= 0.3 is 0 Å². The zero-order valence-corrected chi connectivity index (χ0v) is 11.9. The van der Waals surface area contributed by atoms with Gasteiger partial charge in [0.05, 0.1) is 22.0 Å². The minimum Gasteiger partial charge on any atom is -0.378 e. The van der Waals surface area contributed by atoms with Crippen molar-refractivity contribution in [2.45, 2.75) is 44.6 Å². The molecule has 0 spiro atoms. The molecule has 2 rings (SSSR count). The first-order valence-electron chi connectivity index (χ1n) is 6.22. The lowest BCUT2D eigenvalue weighted by Crippen LogP contribution is -2.41. The second-order valence-electron chi connectivity index (χ2n) is 5.10. The fourth-order valence-electron chi connectivity index (χ4n) is 2.50. The van der Waals surface area contributed by atoms with Gasteiger partial charge in [-0.05, 0) is 26.2 Å². The Morgan fingerprint density at radius 2 is 2.22 bits per heavy atom. The number of carbonyl (C=O) groups excluding carboxylic acids is 1. The number of ether oxygens (including phenoxy) is 1. The Labute approximate surface area is 112 Å². The van der Waals surface area contributed by atoms with Crippen molar-refractivity contribution in [3.8, 4) is 0 Å². The Morgan fingerprint density at radius 1 is 1.56 bits per heavy atom. The quantitative estimate of drug-likeness (QED) is 0.826. The number of carbonyl (C=O) groups is 1. The molecule has 0 radical (unpaired) electrons. The molecule has 0 aliphatic heterocycles. The van der Waals surface area contributed by atoms with Crippen molar-refractivity contribution in [1.82, 2.24) is 9.78 Å². The van der Waals surface area contributed by atoms with E-state index in [4.69, 9.17) is 16.3 Å². The Morgan fingerprint density at radius 3 is 2.61 bits per heavy atom. The van der Waals surface area contributed by atoms with Crippen LogP contribution in [0.3, 0.4) is 0 Å². The van der Waals surface area contributed by atoms with Crippen molar-refractivity contribution in [3.63, 3.8) is 0 Å². The van der Waals surface area contributed by atoms with E-state index in [9.17, 15) is 4.79 Å². The predicted molar refractivity (Wildman–Crippen MR) is 69.9 cm³/mol. The van der Waals surface area contributed by atoms with E-state index in [2.05, 4.69) is 5.10 Å². The summed E-state index contributed by atoms with van der Waals surface area (Å²) in [5, 5.41) is 4.82. The van der Waals surface area contributed by atoms with E-state index in [1.807, 2.05) is 14.0 Å². The molecule has 1 heterocycles. The number of halogens is 1. The van der Waals surface area contributed by atoms with E-state index in [0.717, 1.165) is 30.7 Å². The highest BCUT2D eigenvalue weighted by Crippen LogP contribution is 2.38. The van der Waals surface area contributed by atoms with Crippen molar-refractivity contribution in [3.05, 3.63) is 16.4 Å². The van der Waals surface area contributed by atoms with Crippen molar-refractivity contribution in [1.29, 1.82) is 0 Å². The number of aromatic nitrogens is 2. The van der Waals surface area contributed by atoms with E-state index in [0.29, 0.717) is 17.9 Å². The number of ketones is 1. The minimum absolute atomic E-state index is 0.168. The molecule has 18 heavy (non-hydrogen) atoms. The van der Waals surface area contributed by atoms with E-state index >= 15 is 0 Å². The maximum atomic E-state index is 12.1. The van der Waals surface area contributed by atoms with Gasteiger partial charge < -0.3 is 4.74 Å². The number of aryl methyl sites for hydroxylation is 2. The summed E-state index contributed by atoms with van der Waals surface area (Å²) in [5.41, 5.74) is 1.36. The summed E-state index contributed by atoms with van der Waals surface area (Å²) >= 11 is 6.14. The van der Waals surface area contributed by atoms with Gasteiger partial charge in [-0.15, -0.1) is 0 Å². The molecule has 1 saturated carbocycles. The van der Waals surface area contributed by atoms with Gasteiger partial charge in [-0.1, -0.05) is 11.6 Å². The van der Waals surface area contributed by atoms with Crippen LogP contribution in [0.25, 0.3) is 0 Å². The smallest absolute Gasteiger partial charge is 0.141 e. The SMILES string of the molecule is COC1(CC(=O)Cc2c(Cl)c(C)nn2C)CCC1. The van der Waals surface area contributed by atoms with Crippen LogP contribution in [-0.4, -0.2) is 28.3 Å². The number of Topliss-reactive ketones (excluding diaryl/α,β-unsaturated/α-hetero) is 1. The number of hydrogen-bond acceptors (Lipinski definition) is 3. The summed E-state index contributed by atoms with van der Waals surface area (Å²) in [6.45, 7) is 1.85. The Bertz CT molecular complexity index is 458. The molecule has 0 amide bonds. The Hall–Kier alpha value is -0.870. The molecule has 1 aromatic rings. The molecule has 4 nitrogen and oxygen atoms in total. The van der Waals surface area contributed by atoms with E-state index < -0.39 is 0 Å². The van der Waals surface area contributed by atoms with Crippen LogP contribution in [0.4, 0.5) is 0 Å². The molecule has 100 valence electrons. The van der Waals surface area contributed by atoms with Gasteiger partial charge in [0.2, 0.25) is 0 Å². The van der Waals surface area contributed by atoms with Crippen LogP contribution < -0.4 is 0 Å². The first-order chi connectivity index (χ1) is 8.47. The summed E-state index contributed by atoms with van der Waals surface area (Å²) in [7, 11) is 3.50. The summed E-state index contributed by atoms with van der Waals surface area (Å²) in [5.74, 6) is 0.168. The summed E-state index contributed by atoms with van der Waals surface area (Å²) in [4.78, 5) is 12.1. The fraction of sp³-hybridized carbons (Fsp3) is 0.692. The molecule has 5 heteroatoms. The van der Waals surface area contributed by atoms with Crippen LogP contribution in [0.15, 0.2) is 0 Å². The fourth-order valence-corrected chi connectivity index (χ4v) is 2.73. The maximum Gasteiger partial charge on any atom is 0.141 e. The zero-order valence-electron chi connectivity index (χ0n) is 11.1. The van der Waals surface area contributed by atoms with E-state index in [1.165, 1.54) is 0 Å². The predicted octanol–water partition coefficient (Wildman–Crippen LogP) is 2.45. The van der Waals surface area contributed by atoms with Gasteiger partial charge in [-0.3, -0.25) is 9.48 Å². The molecule has 1 fully saturated rings. The highest BCUT2D eigenvalue weighted by molar-refractivity contribution is 6.32. The van der Waals surface area contributed by atoms with Gasteiger partial charge in [-0.25, -0.2) is 0 Å². The lowest BCUT2D eigenvalue weighted by atomic mass is 9.76. The Kier molecular flexibility index (Phi) is 3.78. The summed E-state index contributed by atoms with van der Waals surface area (Å²) in [6.07, 6.45) is 3.92. The van der Waals surface area contributed by atoms with Crippen LogP contribution in [-0.2, 0) is 23.0 Å². The highest BCUT2D eigenvalue weighted by Gasteiger charge is 2.39. The monoisotopic (exact) mass is 270 g/mol. The third-order valence-corrected chi connectivity index (χ3v) is 4.34. The van der Waals surface area contributed by atoms with Crippen LogP contribution >= 0.6 is 11.6 Å². The normalized spacial score (nSPS) is 17.6. The zero-order chi connectivity index (χ0) is 13.3. The number of hydrogen-bond donors (Lipinski definition) is 0. The molecular weight excluding hydrogens is 252 g/mol. The average Bonchev–Trinajstić information content (AvgIpc) is 2.51. The van der Waals surface area contributed by atoms with Gasteiger partial charge in [0.1, 0.15) is 5.78 Å². The van der Waals surface area contributed by atoms with Crippen LogP contribution in [0.2, 0.25) is 5.02 Å². The van der Waals surface area contributed by atoms with Crippen LogP contribution in [0.5, 0.6) is 0 Å². The van der Waals surface area contributed by atoms with Gasteiger partial charge in [0.25, 0.3) is 0 Å². The van der Waals surface area contributed by atoms with Gasteiger partial charge in [0, 0.05) is 27.0 Å². The molecule has 0 bridgehead atoms. The van der Waals surface area contributed by atoms with Crippen molar-refractivity contribution >= 4 is 17.4 Å². The number of methoxy groups -OCH3 is 1. The largest absolute Gasteiger partial charge is 0.378 e. The maximum absolute atomic E-state index is 12.1. The highest BCUT2D eigenvalue weighted by atomic mass is 35.5. The lowest BCUT2D eigenvalue weighted by molar-refractivity contribution is -0.131. The standard InChI is InChI=1S/C13H19ClN2O2/c1-9-12(14)11(16(2)15-9)7-10(17)8-13(18-3)5-4-6-13/h4-8H2,1-3H3. The third-order valence-electron chi connectivity index (χ3n) is 3.84. The second-order valence-corrected chi connectivity index (χ2v) is 5.48. The first kappa shape index (κ1) is 13.6. The average molecular weight is 271 g/mol. The summed E-state index contributed by atoms with van der Waals surface area (Å²) < 4.78 is 7.16. The first-order valence-corrected chi connectivity index (χ1v) is 6.60. The number of rotatable bonds is 5. The molecular formula is C13H19ClN2O2. The lowest BCUT2D eigenvalue weighted by Gasteiger charge is -2.40. The molecule has 1 aliphatic rings. The van der Waals surface area contributed by atoms with Crippen molar-refractivity contribution in [2.75, 3.05) is 7.11 Å². The topological polar surface area (TPSA) is 44.1 Å². The number of nitrogens with zero attached hydrogens (tertiary/aromatic N) is 2. The molecule has 0 saturated heterocycles. The van der Waals surface area contributed by atoms with Crippen LogP contribution in [0.1, 0.15) is 37.1 Å². The van der Waals surface area contributed by atoms with Crippen molar-refractivity contribution in [2.24, 2.45) is 7.05 Å². The molecule has 0 unspecified atom stereocenters. The molecule has 0 atom stereocenters. The minimum atomic E-state index is -0.211. The van der Waals surface area contributed by atoms with E-state index in [1.54, 1.807) is 11.8 Å². The van der Waals surface area contributed by atoms with Gasteiger partial charge in [0.15, 0.2) is 0 Å². The second kappa shape index (κ2) is 5.02. The molecule has 0 N–H and O–H groups in total. The Balaban J connectivity index is 2.03. The summed E-state index contributed by atoms with van der Waals surface area (Å²) in [6, 6.07) is 0. The molecule has 0 aromatic carbocycles. The third kappa shape index (κ3) is 2.45. The van der Waals surface area contributed by atoms with Crippen LogP contribution in [0, 0.1) is 6.92 Å².